The molecule has 0 saturated heterocycles. The molecule has 1 atom stereocenters. The Morgan fingerprint density at radius 2 is 1.52 bits per heavy atom. The summed E-state index contributed by atoms with van der Waals surface area (Å²) in [5, 5.41) is 10.3. The molecular weight excluding hydrogens is 345 g/mol. The predicted molar refractivity (Wildman–Crippen MR) is 89.5 cm³/mol. The largest absolute Gasteiger partial charge is 0.398 e. The lowest BCUT2D eigenvalue weighted by Crippen LogP contribution is -2.04. The van der Waals surface area contributed by atoms with Crippen molar-refractivity contribution < 1.29 is 13.9 Å². The molecule has 23 heavy (non-hydrogen) atoms. The molecule has 0 aliphatic carbocycles. The van der Waals surface area contributed by atoms with Gasteiger partial charge >= 0.3 is 0 Å². The maximum absolute atomic E-state index is 13.8. The van der Waals surface area contributed by atoms with Crippen LogP contribution in [0.5, 0.6) is 0 Å². The zero-order valence-electron chi connectivity index (χ0n) is 12.1. The van der Waals surface area contributed by atoms with Gasteiger partial charge in [-0.25, -0.2) is 8.78 Å². The van der Waals surface area contributed by atoms with Gasteiger partial charge in [-0.2, -0.15) is 0 Å². The zero-order chi connectivity index (χ0) is 17.1. The van der Waals surface area contributed by atoms with Gasteiger partial charge in [-0.1, -0.05) is 23.2 Å². The average Bonchev–Trinajstić information content (AvgIpc) is 2.48. The quantitative estimate of drug-likeness (QED) is 0.687. The van der Waals surface area contributed by atoms with E-state index in [1.807, 2.05) is 0 Å². The highest BCUT2D eigenvalue weighted by Crippen LogP contribution is 2.29. The first-order valence-electron chi connectivity index (χ1n) is 6.95. The summed E-state index contributed by atoms with van der Waals surface area (Å²) in [5.41, 5.74) is 12.2. The monoisotopic (exact) mass is 360 g/mol. The van der Waals surface area contributed by atoms with Crippen LogP contribution in [0.1, 0.15) is 30.1 Å². The Hall–Kier alpha value is -1.56. The lowest BCUT2D eigenvalue weighted by Gasteiger charge is -2.14. The first kappa shape index (κ1) is 17.8. The molecule has 0 aromatic heterocycles. The SMILES string of the molecule is Nc1cc(CCCC(O)c2cc(N)c(Cl)cc2F)c(F)cc1Cl. The van der Waals surface area contributed by atoms with Crippen molar-refractivity contribution in [3.63, 3.8) is 0 Å². The topological polar surface area (TPSA) is 72.3 Å². The van der Waals surface area contributed by atoms with Gasteiger partial charge in [-0.15, -0.1) is 0 Å². The number of aliphatic hydroxyl groups excluding tert-OH is 1. The molecule has 2 rings (SSSR count). The number of benzene rings is 2. The number of aryl methyl sites for hydroxylation is 1. The van der Waals surface area contributed by atoms with E-state index < -0.39 is 17.7 Å². The number of rotatable bonds is 5. The average molecular weight is 361 g/mol. The molecule has 2 aromatic carbocycles. The molecule has 0 aliphatic heterocycles. The number of nitrogen functional groups attached to an aromatic ring is 2. The molecule has 0 fully saturated rings. The summed E-state index contributed by atoms with van der Waals surface area (Å²) < 4.78 is 27.5. The summed E-state index contributed by atoms with van der Waals surface area (Å²) in [4.78, 5) is 0. The number of hydrogen-bond donors (Lipinski definition) is 3. The van der Waals surface area contributed by atoms with Crippen molar-refractivity contribution in [1.29, 1.82) is 0 Å². The van der Waals surface area contributed by atoms with Gasteiger partial charge in [-0.3, -0.25) is 0 Å². The van der Waals surface area contributed by atoms with Crippen LogP contribution in [0.2, 0.25) is 10.0 Å². The maximum atomic E-state index is 13.8. The summed E-state index contributed by atoms with van der Waals surface area (Å²) in [5.74, 6) is -1.08. The van der Waals surface area contributed by atoms with Crippen LogP contribution in [0.15, 0.2) is 24.3 Å². The van der Waals surface area contributed by atoms with Crippen LogP contribution in [0.25, 0.3) is 0 Å². The molecule has 0 heterocycles. The fraction of sp³-hybridized carbons (Fsp3) is 0.250. The molecule has 3 nitrogen and oxygen atoms in total. The van der Waals surface area contributed by atoms with Gasteiger partial charge in [0.05, 0.1) is 27.5 Å². The van der Waals surface area contributed by atoms with Crippen molar-refractivity contribution in [2.45, 2.75) is 25.4 Å². The highest BCUT2D eigenvalue weighted by molar-refractivity contribution is 6.33. The third-order valence-electron chi connectivity index (χ3n) is 3.56. The van der Waals surface area contributed by atoms with Crippen molar-refractivity contribution in [3.05, 3.63) is 57.1 Å². The second-order valence-electron chi connectivity index (χ2n) is 5.27. The molecule has 0 radical (unpaired) electrons. The Labute approximate surface area is 142 Å². The summed E-state index contributed by atoms with van der Waals surface area (Å²) in [7, 11) is 0. The van der Waals surface area contributed by atoms with Crippen LogP contribution in [0.4, 0.5) is 20.2 Å². The van der Waals surface area contributed by atoms with E-state index in [1.54, 1.807) is 0 Å². The summed E-state index contributed by atoms with van der Waals surface area (Å²) in [6, 6.07) is 4.99. The normalized spacial score (nSPS) is 12.4. The molecule has 5 N–H and O–H groups in total. The molecular formula is C16H16Cl2F2N2O. The second kappa shape index (κ2) is 7.34. The molecule has 2 aromatic rings. The van der Waals surface area contributed by atoms with Crippen molar-refractivity contribution in [3.8, 4) is 0 Å². The second-order valence-corrected chi connectivity index (χ2v) is 6.08. The number of nitrogens with two attached hydrogens (primary N) is 2. The Bertz CT molecular complexity index is 726. The summed E-state index contributed by atoms with van der Waals surface area (Å²) in [6.07, 6.45) is -0.0435. The molecule has 0 saturated carbocycles. The smallest absolute Gasteiger partial charge is 0.130 e. The number of halogens is 4. The summed E-state index contributed by atoms with van der Waals surface area (Å²) in [6.45, 7) is 0. The van der Waals surface area contributed by atoms with E-state index in [1.165, 1.54) is 12.1 Å². The van der Waals surface area contributed by atoms with Gasteiger partial charge in [0.25, 0.3) is 0 Å². The lowest BCUT2D eigenvalue weighted by molar-refractivity contribution is 0.160. The van der Waals surface area contributed by atoms with Gasteiger partial charge in [-0.05, 0) is 49.1 Å². The van der Waals surface area contributed by atoms with Crippen LogP contribution >= 0.6 is 23.2 Å². The number of aliphatic hydroxyl groups is 1. The standard InChI is InChI=1S/C16H16Cl2F2N2O/c17-10-6-12(19)8(4-14(10)21)2-1-3-16(23)9-5-15(22)11(18)7-13(9)20/h4-7,16,23H,1-3,21-22H2. The van der Waals surface area contributed by atoms with Gasteiger partial charge in [0.15, 0.2) is 0 Å². The Morgan fingerprint density at radius 1 is 0.957 bits per heavy atom. The number of anilines is 2. The number of hydrogen-bond acceptors (Lipinski definition) is 3. The van der Waals surface area contributed by atoms with Crippen LogP contribution in [-0.2, 0) is 6.42 Å². The Balaban J connectivity index is 2.02. The first-order chi connectivity index (χ1) is 10.8. The Kier molecular flexibility index (Phi) is 5.68. The van der Waals surface area contributed by atoms with Gasteiger partial charge in [0.2, 0.25) is 0 Å². The fourth-order valence-corrected chi connectivity index (χ4v) is 2.59. The molecule has 0 amide bonds. The van der Waals surface area contributed by atoms with E-state index in [-0.39, 0.29) is 27.7 Å². The minimum Gasteiger partial charge on any atom is -0.398 e. The third kappa shape index (κ3) is 4.25. The van der Waals surface area contributed by atoms with E-state index >= 15 is 0 Å². The molecule has 0 aliphatic rings. The minimum atomic E-state index is -1.05. The van der Waals surface area contributed by atoms with Crippen LogP contribution in [0.3, 0.4) is 0 Å². The van der Waals surface area contributed by atoms with Crippen molar-refractivity contribution in [1.82, 2.24) is 0 Å². The molecule has 1 unspecified atom stereocenters. The van der Waals surface area contributed by atoms with E-state index in [2.05, 4.69) is 0 Å². The molecule has 0 bridgehead atoms. The van der Waals surface area contributed by atoms with Gasteiger partial charge in [0, 0.05) is 5.56 Å². The summed E-state index contributed by atoms with van der Waals surface area (Å²) >= 11 is 11.4. The fourth-order valence-electron chi connectivity index (χ4n) is 2.28. The highest BCUT2D eigenvalue weighted by atomic mass is 35.5. The van der Waals surface area contributed by atoms with E-state index in [0.717, 1.165) is 12.1 Å². The van der Waals surface area contributed by atoms with E-state index in [9.17, 15) is 13.9 Å². The zero-order valence-corrected chi connectivity index (χ0v) is 13.6. The van der Waals surface area contributed by atoms with Crippen molar-refractivity contribution in [2.75, 3.05) is 11.5 Å². The van der Waals surface area contributed by atoms with E-state index in [0.29, 0.717) is 24.1 Å². The van der Waals surface area contributed by atoms with E-state index in [4.69, 9.17) is 34.7 Å². The third-order valence-corrected chi connectivity index (χ3v) is 4.22. The predicted octanol–water partition coefficient (Wildman–Crippen LogP) is 4.49. The van der Waals surface area contributed by atoms with Gasteiger partial charge < -0.3 is 16.6 Å². The van der Waals surface area contributed by atoms with Crippen LogP contribution in [0, 0.1) is 11.6 Å². The Morgan fingerprint density at radius 3 is 2.17 bits per heavy atom. The van der Waals surface area contributed by atoms with Crippen molar-refractivity contribution >= 4 is 34.6 Å². The van der Waals surface area contributed by atoms with Crippen LogP contribution in [-0.4, -0.2) is 5.11 Å². The molecule has 7 heteroatoms. The van der Waals surface area contributed by atoms with Gasteiger partial charge in [0.1, 0.15) is 11.6 Å². The first-order valence-corrected chi connectivity index (χ1v) is 7.71. The highest BCUT2D eigenvalue weighted by Gasteiger charge is 2.15. The van der Waals surface area contributed by atoms with Crippen LogP contribution < -0.4 is 11.5 Å². The lowest BCUT2D eigenvalue weighted by atomic mass is 10.00. The maximum Gasteiger partial charge on any atom is 0.130 e. The molecule has 0 spiro atoms. The minimum absolute atomic E-state index is 0.0722. The molecule has 124 valence electrons. The van der Waals surface area contributed by atoms with Crippen molar-refractivity contribution in [2.24, 2.45) is 0 Å².